The molecule has 3 heteroatoms. The number of aromatic nitrogens is 1. The fourth-order valence-corrected chi connectivity index (χ4v) is 8.48. The summed E-state index contributed by atoms with van der Waals surface area (Å²) >= 11 is 0. The van der Waals surface area contributed by atoms with Crippen molar-refractivity contribution in [1.29, 1.82) is 0 Å². The van der Waals surface area contributed by atoms with Crippen LogP contribution >= 0.6 is 17.2 Å². The number of rotatable bonds is 8. The second kappa shape index (κ2) is 11.3. The highest BCUT2D eigenvalue weighted by Crippen LogP contribution is 2.54. The number of hydrogen-bond donors (Lipinski definition) is 0. The summed E-state index contributed by atoms with van der Waals surface area (Å²) in [6.45, 7) is 2.09. The minimum atomic E-state index is -0.622. The molecule has 0 saturated carbocycles. The van der Waals surface area contributed by atoms with Crippen molar-refractivity contribution in [3.05, 3.63) is 162 Å². The van der Waals surface area contributed by atoms with Gasteiger partial charge in [-0.1, -0.05) is 127 Å². The van der Waals surface area contributed by atoms with Gasteiger partial charge in [0.05, 0.1) is 0 Å². The molecule has 0 radical (unpaired) electrons. The third kappa shape index (κ3) is 5.19. The van der Waals surface area contributed by atoms with Crippen LogP contribution in [-0.4, -0.2) is 11.1 Å². The molecule has 2 unspecified atom stereocenters. The fraction of sp³-hybridized carbons (Fsp3) is 0.121. The molecule has 0 saturated heterocycles. The highest BCUT2D eigenvalue weighted by Gasteiger charge is 2.41. The van der Waals surface area contributed by atoms with Crippen molar-refractivity contribution in [3.63, 3.8) is 0 Å². The van der Waals surface area contributed by atoms with Gasteiger partial charge in [-0.25, -0.2) is 0 Å². The van der Waals surface area contributed by atoms with Gasteiger partial charge in [0.1, 0.15) is 0 Å². The van der Waals surface area contributed by atoms with Crippen LogP contribution in [0.4, 0.5) is 0 Å². The molecule has 0 fully saturated rings. The molecule has 36 heavy (non-hydrogen) atoms. The average Bonchev–Trinajstić information content (AvgIpc) is 2.95. The van der Waals surface area contributed by atoms with E-state index in [1.54, 1.807) is 0 Å². The van der Waals surface area contributed by atoms with Crippen LogP contribution in [0.1, 0.15) is 28.4 Å². The molecule has 5 rings (SSSR count). The lowest BCUT2D eigenvalue weighted by atomic mass is 9.78. The predicted molar refractivity (Wildman–Crippen MR) is 159 cm³/mol. The summed E-state index contributed by atoms with van der Waals surface area (Å²) < 4.78 is 0. The van der Waals surface area contributed by atoms with Crippen molar-refractivity contribution in [2.24, 2.45) is 0 Å². The summed E-state index contributed by atoms with van der Waals surface area (Å²) in [5.41, 5.74) is 4.75. The van der Waals surface area contributed by atoms with Crippen molar-refractivity contribution in [3.8, 4) is 0 Å². The van der Waals surface area contributed by atoms with E-state index in [1.165, 1.54) is 21.7 Å². The summed E-state index contributed by atoms with van der Waals surface area (Å²) in [4.78, 5) is 5.13. The average molecular weight is 504 g/mol. The molecule has 1 heterocycles. The smallest absolute Gasteiger partial charge is 0.0457 e. The van der Waals surface area contributed by atoms with Crippen LogP contribution in [0.3, 0.4) is 0 Å². The second-order valence-corrected chi connectivity index (χ2v) is 12.3. The third-order valence-corrected chi connectivity index (χ3v) is 10.5. The Balaban J connectivity index is 1.73. The van der Waals surface area contributed by atoms with Crippen molar-refractivity contribution < 1.29 is 0 Å². The number of pyridine rings is 1. The maximum absolute atomic E-state index is 5.13. The normalized spacial score (nSPS) is 12.4. The number of nitrogens with zero attached hydrogens (tertiary/aromatic N) is 1. The lowest BCUT2D eigenvalue weighted by Gasteiger charge is -2.40. The standard InChI is InChI=1S/C33H31NP2/c1-26-15-14-24-32(34-26)31(25-36(29-20-10-4-11-21-29)30-22-12-5-13-23-30)33(35,27-16-6-2-7-17-27)28-18-8-3-9-19-28/h2-24,31H,25,35H2,1H3. The molecule has 0 aliphatic carbocycles. The maximum atomic E-state index is 5.13. The van der Waals surface area contributed by atoms with Gasteiger partial charge in [0, 0.05) is 22.5 Å². The summed E-state index contributed by atoms with van der Waals surface area (Å²) in [5.74, 6) is 0.138. The molecule has 178 valence electrons. The van der Waals surface area contributed by atoms with Gasteiger partial charge in [0.15, 0.2) is 0 Å². The van der Waals surface area contributed by atoms with E-state index >= 15 is 0 Å². The van der Waals surface area contributed by atoms with E-state index in [0.717, 1.165) is 17.5 Å². The first-order valence-electron chi connectivity index (χ1n) is 12.4. The Hall–Kier alpha value is -3.11. The molecule has 1 nitrogen and oxygen atoms in total. The zero-order valence-corrected chi connectivity index (χ0v) is 22.6. The minimum absolute atomic E-state index is 0.138. The van der Waals surface area contributed by atoms with Crippen LogP contribution in [0.15, 0.2) is 140 Å². The van der Waals surface area contributed by atoms with Gasteiger partial charge in [0.2, 0.25) is 0 Å². The first kappa shape index (κ1) is 24.6. The van der Waals surface area contributed by atoms with Gasteiger partial charge in [-0.3, -0.25) is 4.98 Å². The number of aryl methyl sites for hydroxylation is 1. The zero-order chi connectivity index (χ0) is 24.8. The largest absolute Gasteiger partial charge is 0.258 e. The van der Waals surface area contributed by atoms with Gasteiger partial charge < -0.3 is 0 Å². The molecule has 5 aromatic rings. The summed E-state index contributed by atoms with van der Waals surface area (Å²) in [7, 11) is 2.66. The highest BCUT2D eigenvalue weighted by atomic mass is 31.1. The van der Waals surface area contributed by atoms with Gasteiger partial charge in [-0.05, 0) is 54.9 Å². The first-order chi connectivity index (χ1) is 17.7. The molecule has 4 aromatic carbocycles. The SMILES string of the molecule is Cc1cccc(C(CP(c2ccccc2)c2ccccc2)C(P)(c2ccccc2)c2ccccc2)n1. The Bertz CT molecular complexity index is 1290. The van der Waals surface area contributed by atoms with Crippen LogP contribution in [0.25, 0.3) is 0 Å². The van der Waals surface area contributed by atoms with Crippen molar-refractivity contribution in [2.45, 2.75) is 18.0 Å². The van der Waals surface area contributed by atoms with Gasteiger partial charge in [-0.15, -0.1) is 9.24 Å². The molecule has 1 aromatic heterocycles. The van der Waals surface area contributed by atoms with E-state index in [1.807, 2.05) is 0 Å². The van der Waals surface area contributed by atoms with E-state index in [2.05, 4.69) is 156 Å². The maximum Gasteiger partial charge on any atom is 0.0457 e. The predicted octanol–water partition coefficient (Wildman–Crippen LogP) is 7.43. The van der Waals surface area contributed by atoms with E-state index in [4.69, 9.17) is 4.98 Å². The molecule has 0 N–H and O–H groups in total. The highest BCUT2D eigenvalue weighted by molar-refractivity contribution is 7.73. The summed E-state index contributed by atoms with van der Waals surface area (Å²) in [6.07, 6.45) is 0.979. The Morgan fingerprint density at radius 2 is 1.06 bits per heavy atom. The summed E-state index contributed by atoms with van der Waals surface area (Å²) in [6, 6.07) is 50.3. The van der Waals surface area contributed by atoms with E-state index in [0.29, 0.717) is 0 Å². The van der Waals surface area contributed by atoms with Gasteiger partial charge >= 0.3 is 0 Å². The van der Waals surface area contributed by atoms with Crippen molar-refractivity contribution >= 4 is 27.8 Å². The molecule has 0 aliphatic heterocycles. The van der Waals surface area contributed by atoms with E-state index in [-0.39, 0.29) is 11.1 Å². The van der Waals surface area contributed by atoms with E-state index in [9.17, 15) is 0 Å². The third-order valence-electron chi connectivity index (χ3n) is 6.82. The van der Waals surface area contributed by atoms with Crippen LogP contribution < -0.4 is 10.6 Å². The topological polar surface area (TPSA) is 12.9 Å². The molecule has 0 aliphatic rings. The first-order valence-corrected chi connectivity index (χ1v) is 14.5. The van der Waals surface area contributed by atoms with Crippen LogP contribution in [0, 0.1) is 6.92 Å². The minimum Gasteiger partial charge on any atom is -0.258 e. The zero-order valence-electron chi connectivity index (χ0n) is 20.5. The van der Waals surface area contributed by atoms with Crippen LogP contribution in [-0.2, 0) is 5.16 Å². The molecular weight excluding hydrogens is 472 g/mol. The van der Waals surface area contributed by atoms with Crippen LogP contribution in [0.2, 0.25) is 0 Å². The Labute approximate surface area is 218 Å². The number of benzene rings is 4. The molecular formula is C33H31NP2. The van der Waals surface area contributed by atoms with Crippen molar-refractivity contribution in [2.75, 3.05) is 6.16 Å². The molecule has 0 spiro atoms. The van der Waals surface area contributed by atoms with Crippen molar-refractivity contribution in [1.82, 2.24) is 4.98 Å². The second-order valence-electron chi connectivity index (χ2n) is 9.14. The number of hydrogen-bond acceptors (Lipinski definition) is 1. The lowest BCUT2D eigenvalue weighted by Crippen LogP contribution is -2.33. The van der Waals surface area contributed by atoms with E-state index < -0.39 is 7.92 Å². The lowest BCUT2D eigenvalue weighted by molar-refractivity contribution is 0.593. The van der Waals surface area contributed by atoms with Gasteiger partial charge in [0.25, 0.3) is 0 Å². The monoisotopic (exact) mass is 503 g/mol. The quantitative estimate of drug-likeness (QED) is 0.201. The molecule has 0 bridgehead atoms. The fourth-order valence-electron chi connectivity index (χ4n) is 4.98. The Morgan fingerprint density at radius 1 is 0.611 bits per heavy atom. The Morgan fingerprint density at radius 3 is 1.50 bits per heavy atom. The van der Waals surface area contributed by atoms with Crippen LogP contribution in [0.5, 0.6) is 0 Å². The summed E-state index contributed by atoms with van der Waals surface area (Å²) in [5, 5.41) is 2.45. The Kier molecular flexibility index (Phi) is 7.72. The molecule has 2 atom stereocenters. The molecule has 0 amide bonds. The van der Waals surface area contributed by atoms with Gasteiger partial charge in [-0.2, -0.15) is 0 Å².